The summed E-state index contributed by atoms with van der Waals surface area (Å²) >= 11 is 0. The van der Waals surface area contributed by atoms with Gasteiger partial charge in [0.1, 0.15) is 17.2 Å². The number of pyridine rings is 1. The molecule has 0 bridgehead atoms. The van der Waals surface area contributed by atoms with E-state index in [0.717, 1.165) is 11.1 Å². The molecule has 29 heavy (non-hydrogen) atoms. The second-order valence-electron chi connectivity index (χ2n) is 6.32. The van der Waals surface area contributed by atoms with Crippen molar-refractivity contribution < 1.29 is 9.59 Å². The highest BCUT2D eigenvalue weighted by Gasteiger charge is 2.14. The Bertz CT molecular complexity index is 1170. The lowest BCUT2D eigenvalue weighted by atomic mass is 10.1. The minimum Gasteiger partial charge on any atom is -0.364 e. The Morgan fingerprint density at radius 2 is 1.62 bits per heavy atom. The fourth-order valence-electron chi connectivity index (χ4n) is 2.98. The van der Waals surface area contributed by atoms with Crippen LogP contribution in [0.15, 0.2) is 79.3 Å². The summed E-state index contributed by atoms with van der Waals surface area (Å²) in [5.41, 5.74) is 9.14. The number of primary amides is 1. The van der Waals surface area contributed by atoms with Crippen molar-refractivity contribution in [1.82, 2.24) is 15.0 Å². The minimum absolute atomic E-state index is 0.226. The first-order chi connectivity index (χ1) is 14.1. The van der Waals surface area contributed by atoms with Gasteiger partial charge in [0.05, 0.1) is 6.33 Å². The molecule has 0 saturated heterocycles. The van der Waals surface area contributed by atoms with Crippen molar-refractivity contribution >= 4 is 17.6 Å². The molecule has 4 N–H and O–H groups in total. The topological polar surface area (TPSA) is 114 Å². The number of hydrogen-bond acceptors (Lipinski definition) is 4. The average Bonchev–Trinajstić information content (AvgIpc) is 3.25. The molecule has 0 unspecified atom stereocenters. The summed E-state index contributed by atoms with van der Waals surface area (Å²) in [6, 6.07) is 20.3. The molecule has 0 spiro atoms. The molecule has 4 rings (SSSR count). The van der Waals surface area contributed by atoms with Crippen LogP contribution in [-0.2, 0) is 0 Å². The molecule has 2 aromatic carbocycles. The summed E-state index contributed by atoms with van der Waals surface area (Å²) in [7, 11) is 0. The molecule has 2 aromatic heterocycles. The molecule has 2 heterocycles. The summed E-state index contributed by atoms with van der Waals surface area (Å²) in [5, 5.41) is 2.81. The SMILES string of the molecule is NC(=O)c1[nH]cnc1-c1ccc(C(=O)Nc2cc(-c3ccccc3)ccn2)cc1. The third-order valence-corrected chi connectivity index (χ3v) is 4.41. The first-order valence-corrected chi connectivity index (χ1v) is 8.88. The lowest BCUT2D eigenvalue weighted by molar-refractivity contribution is 0.0994. The van der Waals surface area contributed by atoms with Crippen LogP contribution in [0, 0.1) is 0 Å². The third-order valence-electron chi connectivity index (χ3n) is 4.41. The molecular formula is C22H17N5O2. The van der Waals surface area contributed by atoms with Gasteiger partial charge in [0.15, 0.2) is 0 Å². The highest BCUT2D eigenvalue weighted by Crippen LogP contribution is 2.23. The van der Waals surface area contributed by atoms with Crippen LogP contribution in [0.1, 0.15) is 20.8 Å². The van der Waals surface area contributed by atoms with Crippen molar-refractivity contribution in [3.63, 3.8) is 0 Å². The molecule has 0 aliphatic carbocycles. The largest absolute Gasteiger partial charge is 0.364 e. The van der Waals surface area contributed by atoms with E-state index in [9.17, 15) is 9.59 Å². The molecule has 7 heteroatoms. The molecule has 0 radical (unpaired) electrons. The first-order valence-electron chi connectivity index (χ1n) is 8.88. The third kappa shape index (κ3) is 3.89. The van der Waals surface area contributed by atoms with E-state index >= 15 is 0 Å². The van der Waals surface area contributed by atoms with E-state index in [4.69, 9.17) is 5.73 Å². The number of nitrogens with two attached hydrogens (primary N) is 1. The molecule has 0 saturated carbocycles. The molecule has 0 atom stereocenters. The van der Waals surface area contributed by atoms with Gasteiger partial charge >= 0.3 is 0 Å². The highest BCUT2D eigenvalue weighted by atomic mass is 16.2. The van der Waals surface area contributed by atoms with Crippen molar-refractivity contribution in [3.05, 3.63) is 90.5 Å². The maximum Gasteiger partial charge on any atom is 0.267 e. The van der Waals surface area contributed by atoms with E-state index in [1.165, 1.54) is 6.33 Å². The predicted octanol–water partition coefficient (Wildman–Crippen LogP) is 3.49. The van der Waals surface area contributed by atoms with Crippen molar-refractivity contribution in [2.24, 2.45) is 5.73 Å². The van der Waals surface area contributed by atoms with Gasteiger partial charge in [0, 0.05) is 17.3 Å². The van der Waals surface area contributed by atoms with Crippen LogP contribution in [0.5, 0.6) is 0 Å². The Labute approximate surface area is 166 Å². The number of rotatable bonds is 5. The predicted molar refractivity (Wildman–Crippen MR) is 110 cm³/mol. The van der Waals surface area contributed by atoms with Gasteiger partial charge in [0.25, 0.3) is 11.8 Å². The fourth-order valence-corrected chi connectivity index (χ4v) is 2.98. The number of imidazole rings is 1. The van der Waals surface area contributed by atoms with Crippen LogP contribution in [0.3, 0.4) is 0 Å². The van der Waals surface area contributed by atoms with Gasteiger partial charge in [0.2, 0.25) is 0 Å². The summed E-state index contributed by atoms with van der Waals surface area (Å²) in [5.74, 6) is -0.418. The molecule has 0 aliphatic rings. The van der Waals surface area contributed by atoms with Crippen LogP contribution >= 0.6 is 0 Å². The van der Waals surface area contributed by atoms with Crippen LogP contribution < -0.4 is 11.1 Å². The maximum absolute atomic E-state index is 12.6. The van der Waals surface area contributed by atoms with Crippen LogP contribution in [0.4, 0.5) is 5.82 Å². The number of amides is 2. The highest BCUT2D eigenvalue weighted by molar-refractivity contribution is 6.04. The summed E-state index contributed by atoms with van der Waals surface area (Å²) in [6.07, 6.45) is 3.06. The zero-order chi connectivity index (χ0) is 20.2. The van der Waals surface area contributed by atoms with Crippen molar-refractivity contribution in [2.45, 2.75) is 0 Å². The second kappa shape index (κ2) is 7.77. The van der Waals surface area contributed by atoms with Crippen LogP contribution in [-0.4, -0.2) is 26.8 Å². The van der Waals surface area contributed by atoms with E-state index in [0.29, 0.717) is 22.6 Å². The molecule has 0 aliphatic heterocycles. The van der Waals surface area contributed by atoms with E-state index in [1.54, 1.807) is 30.5 Å². The maximum atomic E-state index is 12.6. The van der Waals surface area contributed by atoms with Gasteiger partial charge < -0.3 is 16.0 Å². The average molecular weight is 383 g/mol. The number of carbonyl (C=O) groups excluding carboxylic acids is 2. The van der Waals surface area contributed by atoms with Crippen molar-refractivity contribution in [2.75, 3.05) is 5.32 Å². The molecule has 142 valence electrons. The van der Waals surface area contributed by atoms with Gasteiger partial charge in [-0.1, -0.05) is 42.5 Å². The van der Waals surface area contributed by atoms with Crippen LogP contribution in [0.25, 0.3) is 22.4 Å². The first kappa shape index (κ1) is 18.1. The molecule has 4 aromatic rings. The Morgan fingerprint density at radius 3 is 2.34 bits per heavy atom. The Kier molecular flexibility index (Phi) is 4.86. The van der Waals surface area contributed by atoms with Crippen molar-refractivity contribution in [3.8, 4) is 22.4 Å². The smallest absolute Gasteiger partial charge is 0.267 e. The monoisotopic (exact) mass is 383 g/mol. The number of H-pyrrole nitrogens is 1. The van der Waals surface area contributed by atoms with Gasteiger partial charge in [-0.25, -0.2) is 9.97 Å². The Balaban J connectivity index is 1.52. The summed E-state index contributed by atoms with van der Waals surface area (Å²) < 4.78 is 0. The zero-order valence-electron chi connectivity index (χ0n) is 15.3. The van der Waals surface area contributed by atoms with Crippen LogP contribution in [0.2, 0.25) is 0 Å². The van der Waals surface area contributed by atoms with Gasteiger partial charge in [-0.05, 0) is 35.4 Å². The number of benzene rings is 2. The fraction of sp³-hybridized carbons (Fsp3) is 0. The minimum atomic E-state index is -0.594. The number of nitrogens with one attached hydrogen (secondary N) is 2. The quantitative estimate of drug-likeness (QED) is 0.489. The van der Waals surface area contributed by atoms with E-state index in [2.05, 4.69) is 20.3 Å². The molecular weight excluding hydrogens is 366 g/mol. The normalized spacial score (nSPS) is 10.5. The standard InChI is InChI=1S/C22H17N5O2/c23-21(28)20-19(25-13-26-20)15-6-8-16(9-7-15)22(29)27-18-12-17(10-11-24-18)14-4-2-1-3-5-14/h1-13H,(H2,23,28)(H,25,26)(H,24,27,29). The van der Waals surface area contributed by atoms with E-state index < -0.39 is 5.91 Å². The zero-order valence-corrected chi connectivity index (χ0v) is 15.3. The van der Waals surface area contributed by atoms with E-state index in [-0.39, 0.29) is 11.6 Å². The number of hydrogen-bond donors (Lipinski definition) is 3. The molecule has 0 fully saturated rings. The van der Waals surface area contributed by atoms with Gasteiger partial charge in [-0.2, -0.15) is 0 Å². The van der Waals surface area contributed by atoms with E-state index in [1.807, 2.05) is 42.5 Å². The second-order valence-corrected chi connectivity index (χ2v) is 6.32. The number of anilines is 1. The van der Waals surface area contributed by atoms with Gasteiger partial charge in [-0.3, -0.25) is 9.59 Å². The van der Waals surface area contributed by atoms with Crippen molar-refractivity contribution in [1.29, 1.82) is 0 Å². The molecule has 7 nitrogen and oxygen atoms in total. The molecule has 2 amide bonds. The Morgan fingerprint density at radius 1 is 0.862 bits per heavy atom. The number of aromatic amines is 1. The number of carbonyl (C=O) groups is 2. The number of nitrogens with zero attached hydrogens (tertiary/aromatic N) is 2. The summed E-state index contributed by atoms with van der Waals surface area (Å²) in [4.78, 5) is 35.1. The Hall–Kier alpha value is -4.26. The lowest BCUT2D eigenvalue weighted by Crippen LogP contribution is -2.13. The lowest BCUT2D eigenvalue weighted by Gasteiger charge is -2.08. The summed E-state index contributed by atoms with van der Waals surface area (Å²) in [6.45, 7) is 0. The van der Waals surface area contributed by atoms with Gasteiger partial charge in [-0.15, -0.1) is 0 Å². The number of aromatic nitrogens is 3.